The van der Waals surface area contributed by atoms with Gasteiger partial charge in [0.05, 0.1) is 11.3 Å². The molecule has 1 heterocycles. The van der Waals surface area contributed by atoms with Gasteiger partial charge in [0.15, 0.2) is 6.61 Å². The molecule has 0 aliphatic rings. The summed E-state index contributed by atoms with van der Waals surface area (Å²) >= 11 is 0. The first-order chi connectivity index (χ1) is 13.5. The number of carbonyl (C=O) groups is 3. The highest BCUT2D eigenvalue weighted by molar-refractivity contribution is 6.05. The molecule has 3 rings (SSSR count). The van der Waals surface area contributed by atoms with Gasteiger partial charge in [-0.15, -0.1) is 0 Å². The highest BCUT2D eigenvalue weighted by Gasteiger charge is 2.17. The van der Waals surface area contributed by atoms with Crippen LogP contribution in [0.5, 0.6) is 0 Å². The number of esters is 1. The predicted molar refractivity (Wildman–Crippen MR) is 104 cm³/mol. The van der Waals surface area contributed by atoms with Gasteiger partial charge in [0.2, 0.25) is 0 Å². The van der Waals surface area contributed by atoms with Crippen molar-refractivity contribution in [2.45, 2.75) is 0 Å². The summed E-state index contributed by atoms with van der Waals surface area (Å²) in [6, 6.07) is 19.5. The van der Waals surface area contributed by atoms with Crippen molar-refractivity contribution in [2.75, 3.05) is 11.9 Å². The number of rotatable bonds is 6. The second-order valence-corrected chi connectivity index (χ2v) is 5.99. The smallest absolute Gasteiger partial charge is 0.340 e. The molecule has 0 spiro atoms. The molecule has 28 heavy (non-hydrogen) atoms. The SMILES string of the molecule is Cn1cccc1C(=O)NC(=O)COC(=O)c1ccccc1Nc1ccccc1. The number of carbonyl (C=O) groups excluding carboxylic acids is 3. The molecule has 142 valence electrons. The lowest BCUT2D eigenvalue weighted by molar-refractivity contribution is -0.123. The van der Waals surface area contributed by atoms with Crippen LogP contribution >= 0.6 is 0 Å². The van der Waals surface area contributed by atoms with Gasteiger partial charge in [-0.05, 0) is 36.4 Å². The molecular weight excluding hydrogens is 358 g/mol. The summed E-state index contributed by atoms with van der Waals surface area (Å²) in [5.41, 5.74) is 1.98. The number of ether oxygens (including phenoxy) is 1. The Hall–Kier alpha value is -3.87. The van der Waals surface area contributed by atoms with Crippen molar-refractivity contribution in [2.24, 2.45) is 7.05 Å². The molecule has 0 saturated heterocycles. The normalized spacial score (nSPS) is 10.2. The Morgan fingerprint density at radius 3 is 2.36 bits per heavy atom. The lowest BCUT2D eigenvalue weighted by Crippen LogP contribution is -2.35. The number of aromatic nitrogens is 1. The third-order valence-corrected chi connectivity index (χ3v) is 3.96. The van der Waals surface area contributed by atoms with Crippen molar-refractivity contribution in [3.05, 3.63) is 84.2 Å². The van der Waals surface area contributed by atoms with Crippen LogP contribution in [0.15, 0.2) is 72.9 Å². The summed E-state index contributed by atoms with van der Waals surface area (Å²) in [5, 5.41) is 5.33. The van der Waals surface area contributed by atoms with Gasteiger partial charge < -0.3 is 14.6 Å². The van der Waals surface area contributed by atoms with E-state index in [1.54, 1.807) is 54.2 Å². The zero-order chi connectivity index (χ0) is 19.9. The lowest BCUT2D eigenvalue weighted by atomic mass is 10.1. The molecule has 7 heteroatoms. The number of anilines is 2. The molecule has 0 aliphatic carbocycles. The molecule has 2 aromatic carbocycles. The highest BCUT2D eigenvalue weighted by atomic mass is 16.5. The number of aryl methyl sites for hydroxylation is 1. The molecule has 7 nitrogen and oxygen atoms in total. The molecule has 0 radical (unpaired) electrons. The lowest BCUT2D eigenvalue weighted by Gasteiger charge is -2.12. The number of hydrogen-bond acceptors (Lipinski definition) is 5. The molecule has 2 amide bonds. The minimum absolute atomic E-state index is 0.285. The first-order valence-corrected chi connectivity index (χ1v) is 8.58. The second kappa shape index (κ2) is 8.68. The summed E-state index contributed by atoms with van der Waals surface area (Å²) in [6.45, 7) is -0.561. The van der Waals surface area contributed by atoms with Crippen LogP contribution in [0.4, 0.5) is 11.4 Å². The number of hydrogen-bond donors (Lipinski definition) is 2. The minimum Gasteiger partial charge on any atom is -0.452 e. The average Bonchev–Trinajstić information content (AvgIpc) is 3.13. The molecule has 0 fully saturated rings. The first-order valence-electron chi connectivity index (χ1n) is 8.58. The Morgan fingerprint density at radius 1 is 0.929 bits per heavy atom. The first kappa shape index (κ1) is 18.9. The topological polar surface area (TPSA) is 89.4 Å². The van der Waals surface area contributed by atoms with Gasteiger partial charge in [0, 0.05) is 18.9 Å². The molecule has 1 aromatic heterocycles. The van der Waals surface area contributed by atoms with Crippen molar-refractivity contribution in [3.8, 4) is 0 Å². The fraction of sp³-hybridized carbons (Fsp3) is 0.0952. The van der Waals surface area contributed by atoms with Crippen LogP contribution in [0.25, 0.3) is 0 Å². The minimum atomic E-state index is -0.701. The molecule has 0 aliphatic heterocycles. The highest BCUT2D eigenvalue weighted by Crippen LogP contribution is 2.21. The largest absolute Gasteiger partial charge is 0.452 e. The van der Waals surface area contributed by atoms with E-state index in [0.717, 1.165) is 5.69 Å². The zero-order valence-electron chi connectivity index (χ0n) is 15.2. The van der Waals surface area contributed by atoms with Gasteiger partial charge in [-0.25, -0.2) is 4.79 Å². The number of imide groups is 1. The van der Waals surface area contributed by atoms with Gasteiger partial charge in [-0.1, -0.05) is 30.3 Å². The summed E-state index contributed by atoms with van der Waals surface area (Å²) in [6.07, 6.45) is 1.69. The number of nitrogens with zero attached hydrogens (tertiary/aromatic N) is 1. The van der Waals surface area contributed by atoms with E-state index in [9.17, 15) is 14.4 Å². The summed E-state index contributed by atoms with van der Waals surface area (Å²) in [7, 11) is 1.69. The Labute approximate surface area is 161 Å². The average molecular weight is 377 g/mol. The standard InChI is InChI=1S/C21H19N3O4/c1-24-13-7-12-18(24)20(26)23-19(25)14-28-21(27)16-10-5-6-11-17(16)22-15-8-3-2-4-9-15/h2-13,22H,14H2,1H3,(H,23,25,26). The van der Waals surface area contributed by atoms with E-state index < -0.39 is 24.4 Å². The molecule has 0 bridgehead atoms. The predicted octanol–water partition coefficient (Wildman–Crippen LogP) is 2.88. The van der Waals surface area contributed by atoms with Gasteiger partial charge >= 0.3 is 5.97 Å². The molecule has 2 N–H and O–H groups in total. The van der Waals surface area contributed by atoms with Crippen LogP contribution in [-0.2, 0) is 16.6 Å². The Kier molecular flexibility index (Phi) is 5.86. The van der Waals surface area contributed by atoms with E-state index in [0.29, 0.717) is 11.4 Å². The quantitative estimate of drug-likeness (QED) is 0.645. The zero-order valence-corrected chi connectivity index (χ0v) is 15.2. The molecule has 0 saturated carbocycles. The number of para-hydroxylation sites is 2. The molecule has 3 aromatic rings. The maximum Gasteiger partial charge on any atom is 0.340 e. The van der Waals surface area contributed by atoms with Crippen LogP contribution in [0.2, 0.25) is 0 Å². The van der Waals surface area contributed by atoms with Crippen molar-refractivity contribution in [3.63, 3.8) is 0 Å². The van der Waals surface area contributed by atoms with Crippen molar-refractivity contribution in [1.82, 2.24) is 9.88 Å². The van der Waals surface area contributed by atoms with Crippen LogP contribution in [0.1, 0.15) is 20.8 Å². The van der Waals surface area contributed by atoms with E-state index in [4.69, 9.17) is 4.74 Å². The monoisotopic (exact) mass is 377 g/mol. The summed E-state index contributed by atoms with van der Waals surface area (Å²) < 4.78 is 6.65. The Morgan fingerprint density at radius 2 is 1.64 bits per heavy atom. The van der Waals surface area contributed by atoms with Crippen LogP contribution in [-0.4, -0.2) is 29.0 Å². The van der Waals surface area contributed by atoms with Crippen LogP contribution < -0.4 is 10.6 Å². The van der Waals surface area contributed by atoms with Crippen LogP contribution in [0.3, 0.4) is 0 Å². The Balaban J connectivity index is 1.60. The van der Waals surface area contributed by atoms with E-state index in [2.05, 4.69) is 10.6 Å². The van der Waals surface area contributed by atoms with Crippen molar-refractivity contribution in [1.29, 1.82) is 0 Å². The fourth-order valence-corrected chi connectivity index (χ4v) is 2.58. The van der Waals surface area contributed by atoms with E-state index >= 15 is 0 Å². The molecule has 0 atom stereocenters. The van der Waals surface area contributed by atoms with E-state index in [-0.39, 0.29) is 5.56 Å². The van der Waals surface area contributed by atoms with Gasteiger partial charge in [0.25, 0.3) is 11.8 Å². The summed E-state index contributed by atoms with van der Waals surface area (Å²) in [4.78, 5) is 36.3. The Bertz CT molecular complexity index is 996. The number of nitrogens with one attached hydrogen (secondary N) is 2. The van der Waals surface area contributed by atoms with Gasteiger partial charge in [0.1, 0.15) is 5.69 Å². The van der Waals surface area contributed by atoms with Gasteiger partial charge in [-0.3, -0.25) is 14.9 Å². The number of amides is 2. The third-order valence-electron chi connectivity index (χ3n) is 3.96. The third kappa shape index (κ3) is 4.64. The maximum atomic E-state index is 12.4. The molecular formula is C21H19N3O4. The maximum absolute atomic E-state index is 12.4. The fourth-order valence-electron chi connectivity index (χ4n) is 2.58. The molecule has 0 unspecified atom stereocenters. The van der Waals surface area contributed by atoms with E-state index in [1.165, 1.54) is 0 Å². The van der Waals surface area contributed by atoms with Gasteiger partial charge in [-0.2, -0.15) is 0 Å². The summed E-state index contributed by atoms with van der Waals surface area (Å²) in [5.74, 6) is -1.92. The van der Waals surface area contributed by atoms with E-state index in [1.807, 2.05) is 30.3 Å². The van der Waals surface area contributed by atoms with Crippen molar-refractivity contribution < 1.29 is 19.1 Å². The van der Waals surface area contributed by atoms with Crippen LogP contribution in [0, 0.1) is 0 Å². The van der Waals surface area contributed by atoms with Crippen molar-refractivity contribution >= 4 is 29.2 Å². The second-order valence-electron chi connectivity index (χ2n) is 5.99. The number of benzene rings is 2.